The summed E-state index contributed by atoms with van der Waals surface area (Å²) in [4.78, 5) is 47.0. The number of imide groups is 1. The summed E-state index contributed by atoms with van der Waals surface area (Å²) in [6.45, 7) is 1.57. The van der Waals surface area contributed by atoms with Crippen LogP contribution in [0.2, 0.25) is 0 Å². The summed E-state index contributed by atoms with van der Waals surface area (Å²) < 4.78 is 0. The van der Waals surface area contributed by atoms with E-state index in [0.29, 0.717) is 50.0 Å². The van der Waals surface area contributed by atoms with Crippen molar-refractivity contribution in [2.45, 2.75) is 12.8 Å². The molecule has 8 heteroatoms. The molecule has 0 fully saturated rings. The van der Waals surface area contributed by atoms with E-state index >= 15 is 0 Å². The van der Waals surface area contributed by atoms with Gasteiger partial charge in [0.1, 0.15) is 0 Å². The van der Waals surface area contributed by atoms with Crippen molar-refractivity contribution in [2.75, 3.05) is 26.2 Å². The normalized spacial score (nSPS) is 12.8. The van der Waals surface area contributed by atoms with Crippen molar-refractivity contribution >= 4 is 24.3 Å². The van der Waals surface area contributed by atoms with Crippen molar-refractivity contribution < 1.29 is 19.2 Å². The molecule has 0 spiro atoms. The van der Waals surface area contributed by atoms with Crippen LogP contribution in [0.25, 0.3) is 0 Å². The largest absolute Gasteiger partial charge is 0.359 e. The highest BCUT2D eigenvalue weighted by molar-refractivity contribution is 6.21. The molecule has 0 bridgehead atoms. The number of nitrogens with zero attached hydrogens (tertiary/aromatic N) is 1. The van der Waals surface area contributed by atoms with E-state index in [9.17, 15) is 19.2 Å². The number of nitrogens with one attached hydrogen (secondary N) is 3. The van der Waals surface area contributed by atoms with Crippen LogP contribution in [0.5, 0.6) is 0 Å². The number of carbonyl (C=O) groups is 4. The van der Waals surface area contributed by atoms with Crippen molar-refractivity contribution in [3.05, 3.63) is 35.4 Å². The minimum absolute atomic E-state index is 0.260. The fraction of sp³-hybridized carbons (Fsp3) is 0.375. The first-order valence-corrected chi connectivity index (χ1v) is 7.79. The van der Waals surface area contributed by atoms with Crippen LogP contribution in [0.1, 0.15) is 33.6 Å². The van der Waals surface area contributed by atoms with Crippen molar-refractivity contribution in [3.63, 3.8) is 0 Å². The lowest BCUT2D eigenvalue weighted by molar-refractivity contribution is -0.109. The van der Waals surface area contributed by atoms with E-state index in [4.69, 9.17) is 0 Å². The topological polar surface area (TPSA) is 108 Å². The summed E-state index contributed by atoms with van der Waals surface area (Å²) in [6.07, 6.45) is 1.73. The number of hydrogen-bond acceptors (Lipinski definition) is 4. The van der Waals surface area contributed by atoms with Gasteiger partial charge in [0, 0.05) is 26.2 Å². The van der Waals surface area contributed by atoms with Crippen LogP contribution >= 0.6 is 0 Å². The Morgan fingerprint density at radius 3 is 2.12 bits per heavy atom. The van der Waals surface area contributed by atoms with Crippen LogP contribution in [0.15, 0.2) is 24.3 Å². The van der Waals surface area contributed by atoms with Crippen LogP contribution in [0, 0.1) is 0 Å². The second-order valence-electron chi connectivity index (χ2n) is 5.27. The predicted molar refractivity (Wildman–Crippen MR) is 86.5 cm³/mol. The Labute approximate surface area is 139 Å². The van der Waals surface area contributed by atoms with Crippen LogP contribution in [0.4, 0.5) is 4.79 Å². The molecule has 0 saturated heterocycles. The summed E-state index contributed by atoms with van der Waals surface area (Å²) in [6, 6.07) is 6.42. The summed E-state index contributed by atoms with van der Waals surface area (Å²) in [5, 5.41) is 7.81. The van der Waals surface area contributed by atoms with Gasteiger partial charge >= 0.3 is 6.03 Å². The lowest BCUT2D eigenvalue weighted by Crippen LogP contribution is -2.39. The molecule has 5 amide bonds. The molecule has 24 heavy (non-hydrogen) atoms. The number of amides is 5. The van der Waals surface area contributed by atoms with E-state index in [1.54, 1.807) is 24.3 Å². The second-order valence-corrected chi connectivity index (χ2v) is 5.27. The number of fused-ring (bicyclic) bond motifs is 1. The van der Waals surface area contributed by atoms with Gasteiger partial charge in [-0.15, -0.1) is 0 Å². The molecule has 2 rings (SSSR count). The third-order valence-corrected chi connectivity index (χ3v) is 3.59. The Balaban J connectivity index is 1.65. The summed E-state index contributed by atoms with van der Waals surface area (Å²) >= 11 is 0. The molecule has 3 N–H and O–H groups in total. The maximum absolute atomic E-state index is 12.1. The first-order valence-electron chi connectivity index (χ1n) is 7.79. The summed E-state index contributed by atoms with van der Waals surface area (Å²) in [7, 11) is 0. The molecule has 0 aromatic heterocycles. The van der Waals surface area contributed by atoms with Gasteiger partial charge < -0.3 is 16.0 Å². The highest BCUT2D eigenvalue weighted by Gasteiger charge is 2.34. The molecule has 8 nitrogen and oxygen atoms in total. The van der Waals surface area contributed by atoms with Gasteiger partial charge in [0.25, 0.3) is 11.8 Å². The number of rotatable bonds is 9. The average molecular weight is 332 g/mol. The zero-order chi connectivity index (χ0) is 17.4. The van der Waals surface area contributed by atoms with Crippen LogP contribution in [-0.4, -0.2) is 55.3 Å². The van der Waals surface area contributed by atoms with Crippen molar-refractivity contribution in [3.8, 4) is 0 Å². The van der Waals surface area contributed by atoms with Gasteiger partial charge in [0.05, 0.1) is 11.1 Å². The zero-order valence-electron chi connectivity index (χ0n) is 13.2. The van der Waals surface area contributed by atoms with E-state index < -0.39 is 0 Å². The van der Waals surface area contributed by atoms with Gasteiger partial charge in [-0.1, -0.05) is 12.1 Å². The van der Waals surface area contributed by atoms with Crippen LogP contribution < -0.4 is 16.0 Å². The zero-order valence-corrected chi connectivity index (χ0v) is 13.2. The fourth-order valence-corrected chi connectivity index (χ4v) is 2.40. The molecule has 128 valence electrons. The number of benzene rings is 1. The van der Waals surface area contributed by atoms with E-state index in [0.717, 1.165) is 0 Å². The monoisotopic (exact) mass is 332 g/mol. The summed E-state index contributed by atoms with van der Waals surface area (Å²) in [5.41, 5.74) is 0.856. The number of urea groups is 1. The molecule has 1 aliphatic rings. The number of hydrogen-bond donors (Lipinski definition) is 3. The Morgan fingerprint density at radius 2 is 1.54 bits per heavy atom. The molecule has 1 aliphatic heterocycles. The molecule has 1 heterocycles. The molecule has 0 aliphatic carbocycles. The van der Waals surface area contributed by atoms with E-state index in [2.05, 4.69) is 16.0 Å². The molecule has 0 radical (unpaired) electrons. The van der Waals surface area contributed by atoms with E-state index in [1.807, 2.05) is 0 Å². The molecular weight excluding hydrogens is 312 g/mol. The van der Waals surface area contributed by atoms with Gasteiger partial charge in [-0.05, 0) is 25.0 Å². The average Bonchev–Trinajstić information content (AvgIpc) is 2.83. The maximum Gasteiger partial charge on any atom is 0.314 e. The molecular formula is C16H20N4O4. The first-order chi connectivity index (χ1) is 11.6. The van der Waals surface area contributed by atoms with Crippen LogP contribution in [0.3, 0.4) is 0 Å². The third-order valence-electron chi connectivity index (χ3n) is 3.59. The summed E-state index contributed by atoms with van der Waals surface area (Å²) in [5.74, 6) is -0.578. The van der Waals surface area contributed by atoms with Crippen LogP contribution in [-0.2, 0) is 4.79 Å². The molecule has 0 saturated carbocycles. The van der Waals surface area contributed by atoms with Gasteiger partial charge in [-0.25, -0.2) is 4.79 Å². The van der Waals surface area contributed by atoms with Crippen molar-refractivity contribution in [2.24, 2.45) is 0 Å². The third kappa shape index (κ3) is 4.31. The van der Waals surface area contributed by atoms with Gasteiger partial charge in [-0.3, -0.25) is 19.3 Å². The SMILES string of the molecule is O=CNCCCNC(=O)NCCCN1C(=O)c2ccccc2C1=O. The van der Waals surface area contributed by atoms with Gasteiger partial charge in [0.15, 0.2) is 0 Å². The van der Waals surface area contributed by atoms with E-state index in [-0.39, 0.29) is 24.4 Å². The molecule has 1 aromatic carbocycles. The highest BCUT2D eigenvalue weighted by atomic mass is 16.2. The maximum atomic E-state index is 12.1. The van der Waals surface area contributed by atoms with E-state index in [1.165, 1.54) is 4.90 Å². The Hall–Kier alpha value is -2.90. The van der Waals surface area contributed by atoms with Crippen molar-refractivity contribution in [1.82, 2.24) is 20.9 Å². The predicted octanol–water partition coefficient (Wildman–Crippen LogP) is 0.108. The molecule has 1 aromatic rings. The van der Waals surface area contributed by atoms with Gasteiger partial charge in [-0.2, -0.15) is 0 Å². The smallest absolute Gasteiger partial charge is 0.314 e. The standard InChI is InChI=1S/C16H20N4O4/c21-11-17-7-3-8-18-16(24)19-9-4-10-20-14(22)12-5-1-2-6-13(12)15(20)23/h1-2,5-6,11H,3-4,7-10H2,(H,17,21)(H2,18,19,24). The van der Waals surface area contributed by atoms with Gasteiger partial charge in [0.2, 0.25) is 6.41 Å². The Kier molecular flexibility index (Phi) is 6.30. The minimum atomic E-state index is -0.316. The Bertz CT molecular complexity index is 597. The minimum Gasteiger partial charge on any atom is -0.359 e. The first kappa shape index (κ1) is 17.5. The highest BCUT2D eigenvalue weighted by Crippen LogP contribution is 2.22. The Morgan fingerprint density at radius 1 is 0.958 bits per heavy atom. The van der Waals surface area contributed by atoms with Crippen molar-refractivity contribution in [1.29, 1.82) is 0 Å². The lowest BCUT2D eigenvalue weighted by atomic mass is 10.1. The lowest BCUT2D eigenvalue weighted by Gasteiger charge is -2.14. The number of carbonyl (C=O) groups excluding carboxylic acids is 4. The molecule has 0 atom stereocenters. The second kappa shape index (κ2) is 8.66. The fourth-order valence-electron chi connectivity index (χ4n) is 2.40. The molecule has 0 unspecified atom stereocenters. The quantitative estimate of drug-likeness (QED) is 0.339.